The molecule has 6 nitrogen and oxygen atoms in total. The molecule has 8 heteroatoms. The number of hydrogen-bond acceptors (Lipinski definition) is 4. The van der Waals surface area contributed by atoms with Crippen LogP contribution in [-0.2, 0) is 14.8 Å². The maximum atomic E-state index is 12.1. The van der Waals surface area contributed by atoms with Crippen LogP contribution in [-0.4, -0.2) is 51.2 Å². The molecule has 0 radical (unpaired) electrons. The average molecular weight is 347 g/mol. The van der Waals surface area contributed by atoms with E-state index in [1.807, 2.05) is 0 Å². The molecule has 1 aromatic carbocycles. The highest BCUT2D eigenvalue weighted by Crippen LogP contribution is 2.16. The Hall–Kier alpha value is -1.31. The van der Waals surface area contributed by atoms with Crippen molar-refractivity contribution in [1.29, 1.82) is 0 Å². The van der Waals surface area contributed by atoms with Gasteiger partial charge < -0.3 is 9.64 Å². The van der Waals surface area contributed by atoms with Crippen LogP contribution in [0.4, 0.5) is 0 Å². The predicted octanol–water partition coefficient (Wildman–Crippen LogP) is 1.26. The topological polar surface area (TPSA) is 75.7 Å². The van der Waals surface area contributed by atoms with Crippen molar-refractivity contribution < 1.29 is 17.9 Å². The van der Waals surface area contributed by atoms with E-state index in [1.165, 1.54) is 0 Å². The number of sulfonamides is 1. The van der Waals surface area contributed by atoms with Gasteiger partial charge in [-0.25, -0.2) is 13.1 Å². The minimum atomic E-state index is -3.20. The van der Waals surface area contributed by atoms with E-state index in [1.54, 1.807) is 29.2 Å². The van der Waals surface area contributed by atoms with Crippen molar-refractivity contribution in [2.75, 3.05) is 26.0 Å². The number of carbonyl (C=O) groups excluding carboxylic acids is 1. The molecule has 0 saturated carbocycles. The lowest BCUT2D eigenvalue weighted by molar-refractivity contribution is -0.134. The molecule has 122 valence electrons. The molecule has 1 fully saturated rings. The molecule has 22 heavy (non-hydrogen) atoms. The SMILES string of the molecule is CS(=O)(=O)NC1CCN(C(=O)COc2ccc(Cl)cc2)CC1. The monoisotopic (exact) mass is 346 g/mol. The fourth-order valence-electron chi connectivity index (χ4n) is 2.32. The van der Waals surface area contributed by atoms with Gasteiger partial charge in [0.2, 0.25) is 10.0 Å². The number of likely N-dealkylation sites (tertiary alicyclic amines) is 1. The van der Waals surface area contributed by atoms with E-state index in [9.17, 15) is 13.2 Å². The maximum absolute atomic E-state index is 12.1. The summed E-state index contributed by atoms with van der Waals surface area (Å²) in [6.07, 6.45) is 2.37. The summed E-state index contributed by atoms with van der Waals surface area (Å²) >= 11 is 5.78. The van der Waals surface area contributed by atoms with Gasteiger partial charge in [0.15, 0.2) is 6.61 Å². The highest BCUT2D eigenvalue weighted by atomic mass is 35.5. The number of nitrogens with zero attached hydrogens (tertiary/aromatic N) is 1. The summed E-state index contributed by atoms with van der Waals surface area (Å²) in [4.78, 5) is 13.8. The van der Waals surface area contributed by atoms with Crippen molar-refractivity contribution in [3.63, 3.8) is 0 Å². The predicted molar refractivity (Wildman–Crippen MR) is 84.5 cm³/mol. The number of benzene rings is 1. The van der Waals surface area contributed by atoms with Crippen molar-refractivity contribution >= 4 is 27.5 Å². The van der Waals surface area contributed by atoms with Crippen LogP contribution in [0.2, 0.25) is 5.02 Å². The molecule has 1 aliphatic heterocycles. The van der Waals surface area contributed by atoms with E-state index in [0.29, 0.717) is 36.7 Å². The van der Waals surface area contributed by atoms with Crippen molar-refractivity contribution in [3.05, 3.63) is 29.3 Å². The van der Waals surface area contributed by atoms with Gasteiger partial charge >= 0.3 is 0 Å². The second-order valence-corrected chi connectivity index (χ2v) is 7.50. The Morgan fingerprint density at radius 2 is 1.91 bits per heavy atom. The van der Waals surface area contributed by atoms with E-state index in [2.05, 4.69) is 4.72 Å². The van der Waals surface area contributed by atoms with Crippen molar-refractivity contribution in [2.24, 2.45) is 0 Å². The molecule has 1 aliphatic rings. The van der Waals surface area contributed by atoms with Crippen molar-refractivity contribution in [2.45, 2.75) is 18.9 Å². The summed E-state index contributed by atoms with van der Waals surface area (Å²) in [5.41, 5.74) is 0. The van der Waals surface area contributed by atoms with Crippen LogP contribution in [0.3, 0.4) is 0 Å². The fraction of sp³-hybridized carbons (Fsp3) is 0.500. The number of piperidine rings is 1. The summed E-state index contributed by atoms with van der Waals surface area (Å²) in [6, 6.07) is 6.71. The quantitative estimate of drug-likeness (QED) is 0.870. The van der Waals surface area contributed by atoms with Crippen LogP contribution >= 0.6 is 11.6 Å². The molecule has 1 heterocycles. The zero-order chi connectivity index (χ0) is 16.2. The number of ether oxygens (including phenoxy) is 1. The molecular weight excluding hydrogens is 328 g/mol. The Balaban J connectivity index is 1.76. The first-order valence-electron chi connectivity index (χ1n) is 6.97. The minimum absolute atomic E-state index is 0.0359. The molecular formula is C14H19ClN2O4S. The average Bonchev–Trinajstić information content (AvgIpc) is 2.45. The first-order chi connectivity index (χ1) is 10.3. The van der Waals surface area contributed by atoms with Crippen molar-refractivity contribution in [1.82, 2.24) is 9.62 Å². The molecule has 0 aliphatic carbocycles. The number of hydrogen-bond donors (Lipinski definition) is 1. The molecule has 0 atom stereocenters. The normalized spacial score (nSPS) is 16.5. The highest BCUT2D eigenvalue weighted by molar-refractivity contribution is 7.88. The van der Waals surface area contributed by atoms with E-state index >= 15 is 0 Å². The zero-order valence-electron chi connectivity index (χ0n) is 12.3. The van der Waals surface area contributed by atoms with Crippen molar-refractivity contribution in [3.8, 4) is 5.75 Å². The van der Waals surface area contributed by atoms with Crippen LogP contribution < -0.4 is 9.46 Å². The van der Waals surface area contributed by atoms with E-state index in [0.717, 1.165) is 6.26 Å². The van der Waals surface area contributed by atoms with Gasteiger partial charge in [-0.3, -0.25) is 4.79 Å². The first-order valence-corrected chi connectivity index (χ1v) is 9.24. The molecule has 0 unspecified atom stereocenters. The summed E-state index contributed by atoms with van der Waals surface area (Å²) in [7, 11) is -3.20. The van der Waals surface area contributed by atoms with E-state index in [-0.39, 0.29) is 18.6 Å². The summed E-state index contributed by atoms with van der Waals surface area (Å²) in [5.74, 6) is 0.485. The lowest BCUT2D eigenvalue weighted by Gasteiger charge is -2.31. The van der Waals surface area contributed by atoms with Gasteiger partial charge in [-0.15, -0.1) is 0 Å². The third-order valence-corrected chi connectivity index (χ3v) is 4.42. The van der Waals surface area contributed by atoms with Crippen LogP contribution in [0.25, 0.3) is 0 Å². The fourth-order valence-corrected chi connectivity index (χ4v) is 3.28. The van der Waals surface area contributed by atoms with Gasteiger partial charge in [-0.2, -0.15) is 0 Å². The van der Waals surface area contributed by atoms with Gasteiger partial charge in [0.05, 0.1) is 6.26 Å². The van der Waals surface area contributed by atoms with Gasteiger partial charge in [-0.1, -0.05) is 11.6 Å². The molecule has 1 saturated heterocycles. The summed E-state index contributed by atoms with van der Waals surface area (Å²) < 4.78 is 30.3. The Morgan fingerprint density at radius 1 is 1.32 bits per heavy atom. The largest absolute Gasteiger partial charge is 0.484 e. The molecule has 1 amide bonds. The molecule has 0 aromatic heterocycles. The lowest BCUT2D eigenvalue weighted by Crippen LogP contribution is -2.47. The second kappa shape index (κ2) is 7.30. The summed E-state index contributed by atoms with van der Waals surface area (Å²) in [6.45, 7) is 1.01. The number of rotatable bonds is 5. The Morgan fingerprint density at radius 3 is 2.45 bits per heavy atom. The van der Waals surface area contributed by atoms with Gasteiger partial charge in [0.25, 0.3) is 5.91 Å². The molecule has 1 aromatic rings. The Bertz CT molecular complexity index is 610. The lowest BCUT2D eigenvalue weighted by atomic mass is 10.1. The molecule has 1 N–H and O–H groups in total. The van der Waals surface area contributed by atoms with Gasteiger partial charge in [0.1, 0.15) is 5.75 Å². The summed E-state index contributed by atoms with van der Waals surface area (Å²) in [5, 5.41) is 0.610. The van der Waals surface area contributed by atoms with Crippen LogP contribution in [0.5, 0.6) is 5.75 Å². The number of halogens is 1. The van der Waals surface area contributed by atoms with E-state index in [4.69, 9.17) is 16.3 Å². The number of amides is 1. The third kappa shape index (κ3) is 5.47. The highest BCUT2D eigenvalue weighted by Gasteiger charge is 2.24. The van der Waals surface area contributed by atoms with Crippen LogP contribution in [0.15, 0.2) is 24.3 Å². The first kappa shape index (κ1) is 17.1. The Labute approximate surface area is 135 Å². The smallest absolute Gasteiger partial charge is 0.260 e. The third-order valence-electron chi connectivity index (χ3n) is 3.40. The van der Waals surface area contributed by atoms with Gasteiger partial charge in [-0.05, 0) is 37.1 Å². The van der Waals surface area contributed by atoms with Crippen LogP contribution in [0.1, 0.15) is 12.8 Å². The standard InChI is InChI=1S/C14H19ClN2O4S/c1-22(19,20)16-12-6-8-17(9-7-12)14(18)10-21-13-4-2-11(15)3-5-13/h2-5,12,16H,6-10H2,1H3. The number of carbonyl (C=O) groups is 1. The maximum Gasteiger partial charge on any atom is 0.260 e. The molecule has 0 bridgehead atoms. The minimum Gasteiger partial charge on any atom is -0.484 e. The van der Waals surface area contributed by atoms with E-state index < -0.39 is 10.0 Å². The van der Waals surface area contributed by atoms with Gasteiger partial charge in [0, 0.05) is 24.2 Å². The zero-order valence-corrected chi connectivity index (χ0v) is 13.9. The Kier molecular flexibility index (Phi) is 5.66. The molecule has 0 spiro atoms. The molecule has 2 rings (SSSR count). The van der Waals surface area contributed by atoms with Crippen LogP contribution in [0, 0.1) is 0 Å². The second-order valence-electron chi connectivity index (χ2n) is 5.29. The number of nitrogens with one attached hydrogen (secondary N) is 1.